The molecule has 14 aromatic rings. The van der Waals surface area contributed by atoms with Gasteiger partial charge in [-0.1, -0.05) is 159 Å². The van der Waals surface area contributed by atoms with Crippen LogP contribution in [0.15, 0.2) is 226 Å². The van der Waals surface area contributed by atoms with Crippen LogP contribution in [0.5, 0.6) is 0 Å². The Balaban J connectivity index is 0.00000452. The Bertz CT molecular complexity index is 4510. The molecule has 2 aliphatic rings. The van der Waals surface area contributed by atoms with E-state index in [1.54, 1.807) is 0 Å². The van der Waals surface area contributed by atoms with Gasteiger partial charge in [-0.3, -0.25) is 0 Å². The fourth-order valence-corrected chi connectivity index (χ4v) is 11.9. The van der Waals surface area contributed by atoms with Crippen molar-refractivity contribution in [1.29, 1.82) is 0 Å². The molecule has 0 fully saturated rings. The number of benzene rings is 10. The van der Waals surface area contributed by atoms with Crippen molar-refractivity contribution in [3.63, 3.8) is 0 Å². The van der Waals surface area contributed by atoms with E-state index in [0.29, 0.717) is 17.5 Å². The van der Waals surface area contributed by atoms with Gasteiger partial charge in [0.25, 0.3) is 0 Å². The Labute approximate surface area is 407 Å². The molecule has 16 rings (SSSR count). The fourth-order valence-electron chi connectivity index (χ4n) is 11.9. The van der Waals surface area contributed by atoms with Crippen LogP contribution in [-0.2, 0) is 5.41 Å². The Kier molecular flexibility index (Phi) is 8.12. The Morgan fingerprint density at radius 1 is 0.282 bits per heavy atom. The number of hydrogen-bond donors (Lipinski definition) is 0. The summed E-state index contributed by atoms with van der Waals surface area (Å²) in [6.45, 7) is 0. The van der Waals surface area contributed by atoms with Gasteiger partial charge in [0.1, 0.15) is 33.5 Å². The van der Waals surface area contributed by atoms with Crippen LogP contribution in [0.3, 0.4) is 0 Å². The minimum Gasteiger partial charge on any atom is -0.456 e. The van der Waals surface area contributed by atoms with E-state index in [9.17, 15) is 0 Å². The molecule has 1 spiro atoms. The van der Waals surface area contributed by atoms with Gasteiger partial charge in [-0.25, -0.2) is 15.0 Å². The first-order valence-corrected chi connectivity index (χ1v) is 23.6. The molecule has 0 radical (unpaired) electrons. The van der Waals surface area contributed by atoms with Crippen molar-refractivity contribution in [2.75, 3.05) is 0 Å². The normalized spacial score (nSPS) is 13.1. The summed E-state index contributed by atoms with van der Waals surface area (Å²) in [6.07, 6.45) is 0. The van der Waals surface area contributed by atoms with Gasteiger partial charge in [0.05, 0.1) is 5.41 Å². The van der Waals surface area contributed by atoms with Crippen LogP contribution in [0.25, 0.3) is 133 Å². The van der Waals surface area contributed by atoms with E-state index < -0.39 is 5.41 Å². The number of hydrogen-bond acceptors (Lipinski definition) is 6. The highest BCUT2D eigenvalue weighted by atomic mass is 16.3. The quantitative estimate of drug-likeness (QED) is 0.175. The second-order valence-electron chi connectivity index (χ2n) is 18.6. The highest BCUT2D eigenvalue weighted by Crippen LogP contribution is 2.65. The van der Waals surface area contributed by atoms with Gasteiger partial charge >= 0.3 is 0 Å². The summed E-state index contributed by atoms with van der Waals surface area (Å²) in [4.78, 5) is 15.3. The fraction of sp³-hybridized carbons (Fsp3) is 0.0308. The summed E-state index contributed by atoms with van der Waals surface area (Å²) in [6, 6.07) is 74.8. The number of nitrogens with zero attached hydrogens (tertiary/aromatic N) is 3. The smallest absolute Gasteiger partial charge is 0.164 e. The van der Waals surface area contributed by atoms with Crippen LogP contribution in [-0.4, -0.2) is 15.0 Å². The van der Waals surface area contributed by atoms with E-state index in [0.717, 1.165) is 93.6 Å². The molecular weight excluding hydrogens is 871 g/mol. The first-order valence-electron chi connectivity index (χ1n) is 23.6. The molecule has 0 aliphatic heterocycles. The summed E-state index contributed by atoms with van der Waals surface area (Å²) >= 11 is 0. The molecule has 0 saturated carbocycles. The topological polar surface area (TPSA) is 78.1 Å². The standard InChI is InChI=1S/C64H35N3O3.CH4/c1-2-13-36(14-3-1)61-65-62(67-63(66-61)40-25-27-45-43-19-6-10-23-53(43)69-57(45)33-40)39-16-12-15-37(31-39)38-26-29-55-49(32-38)59-56(68-55)30-28-46-47-34-48-44-20-7-11-24-54(44)70-58(48)35-52(47)64(60(46)59)50-21-8-4-17-41(50)42-18-5-9-22-51(42)64;/h1-35H;1H4. The van der Waals surface area contributed by atoms with Crippen LogP contribution >= 0.6 is 0 Å². The van der Waals surface area contributed by atoms with Crippen LogP contribution in [0.1, 0.15) is 29.7 Å². The molecule has 4 aromatic heterocycles. The van der Waals surface area contributed by atoms with Gasteiger partial charge in [-0.05, 0) is 116 Å². The summed E-state index contributed by atoms with van der Waals surface area (Å²) in [5.74, 6) is 1.75. The SMILES string of the molecule is C.c1ccc(-c2nc(-c3cccc(-c4ccc5oc6ccc7c(c6c5c4)C4(c5ccccc5-c5ccccc54)c4cc5oc6ccccc6c5cc4-7)c3)nc(-c3ccc4c(c3)oc3ccccc34)n2)cc1. The van der Waals surface area contributed by atoms with Crippen molar-refractivity contribution < 1.29 is 13.3 Å². The molecule has 2 aliphatic carbocycles. The molecule has 6 heteroatoms. The number of para-hydroxylation sites is 2. The first kappa shape index (κ1) is 39.6. The molecule has 6 nitrogen and oxygen atoms in total. The third-order valence-electron chi connectivity index (χ3n) is 14.9. The second-order valence-corrected chi connectivity index (χ2v) is 18.6. The Morgan fingerprint density at radius 2 is 0.803 bits per heavy atom. The highest BCUT2D eigenvalue weighted by Gasteiger charge is 2.53. The largest absolute Gasteiger partial charge is 0.456 e. The molecule has 0 bridgehead atoms. The highest BCUT2D eigenvalue weighted by molar-refractivity contribution is 6.16. The van der Waals surface area contributed by atoms with Crippen LogP contribution in [0.4, 0.5) is 0 Å². The van der Waals surface area contributed by atoms with Crippen molar-refractivity contribution in [2.45, 2.75) is 12.8 Å². The van der Waals surface area contributed by atoms with E-state index >= 15 is 0 Å². The van der Waals surface area contributed by atoms with Crippen molar-refractivity contribution in [1.82, 2.24) is 15.0 Å². The monoisotopic (exact) mass is 909 g/mol. The number of aromatic nitrogens is 3. The summed E-state index contributed by atoms with van der Waals surface area (Å²) < 4.78 is 19.8. The van der Waals surface area contributed by atoms with Gasteiger partial charge in [-0.15, -0.1) is 0 Å². The first-order chi connectivity index (χ1) is 34.7. The molecule has 0 amide bonds. The van der Waals surface area contributed by atoms with Gasteiger partial charge in [-0.2, -0.15) is 0 Å². The maximum Gasteiger partial charge on any atom is 0.164 e. The third-order valence-corrected chi connectivity index (χ3v) is 14.9. The van der Waals surface area contributed by atoms with E-state index in [1.165, 1.54) is 44.5 Å². The average molecular weight is 910 g/mol. The molecule has 71 heavy (non-hydrogen) atoms. The lowest BCUT2D eigenvalue weighted by Gasteiger charge is -2.31. The van der Waals surface area contributed by atoms with E-state index in [2.05, 4.69) is 152 Å². The second kappa shape index (κ2) is 14.6. The zero-order valence-corrected chi connectivity index (χ0v) is 37.3. The van der Waals surface area contributed by atoms with Crippen molar-refractivity contribution in [3.8, 4) is 67.5 Å². The maximum absolute atomic E-state index is 6.86. The van der Waals surface area contributed by atoms with Crippen LogP contribution < -0.4 is 0 Å². The molecule has 0 unspecified atom stereocenters. The van der Waals surface area contributed by atoms with Gasteiger partial charge in [0.15, 0.2) is 17.5 Å². The lowest BCUT2D eigenvalue weighted by Crippen LogP contribution is -2.26. The number of furan rings is 3. The van der Waals surface area contributed by atoms with Gasteiger partial charge in [0.2, 0.25) is 0 Å². The molecule has 0 saturated heterocycles. The van der Waals surface area contributed by atoms with Crippen molar-refractivity contribution >= 4 is 65.8 Å². The van der Waals surface area contributed by atoms with Crippen molar-refractivity contribution in [2.24, 2.45) is 0 Å². The molecule has 0 N–H and O–H groups in total. The van der Waals surface area contributed by atoms with Crippen LogP contribution in [0, 0.1) is 0 Å². The van der Waals surface area contributed by atoms with E-state index in [-0.39, 0.29) is 7.43 Å². The third kappa shape index (κ3) is 5.44. The van der Waals surface area contributed by atoms with E-state index in [4.69, 9.17) is 28.2 Å². The average Bonchev–Trinajstić information content (AvgIpc) is 4.23. The predicted molar refractivity (Wildman–Crippen MR) is 286 cm³/mol. The lowest BCUT2D eigenvalue weighted by molar-refractivity contribution is 0.666. The van der Waals surface area contributed by atoms with Gasteiger partial charge < -0.3 is 13.3 Å². The van der Waals surface area contributed by atoms with Crippen LogP contribution in [0.2, 0.25) is 0 Å². The maximum atomic E-state index is 6.86. The lowest BCUT2D eigenvalue weighted by atomic mass is 9.69. The summed E-state index contributed by atoms with van der Waals surface area (Å²) in [5, 5.41) is 6.55. The van der Waals surface area contributed by atoms with Gasteiger partial charge in [0, 0.05) is 49.0 Å². The molecule has 332 valence electrons. The predicted octanol–water partition coefficient (Wildman–Crippen LogP) is 17.2. The van der Waals surface area contributed by atoms with E-state index in [1.807, 2.05) is 60.7 Å². The minimum atomic E-state index is -0.626. The summed E-state index contributed by atoms with van der Waals surface area (Å²) in [7, 11) is 0. The number of fused-ring (bicyclic) bond motifs is 20. The summed E-state index contributed by atoms with van der Waals surface area (Å²) in [5.41, 5.74) is 19.1. The number of rotatable bonds is 4. The zero-order valence-electron chi connectivity index (χ0n) is 37.3. The molecule has 0 atom stereocenters. The molecule has 4 heterocycles. The Hall–Kier alpha value is -9.39. The zero-order chi connectivity index (χ0) is 45.7. The molecular formula is C65H39N3O3. The van der Waals surface area contributed by atoms with Crippen molar-refractivity contribution in [3.05, 3.63) is 235 Å². The molecule has 10 aromatic carbocycles. The Morgan fingerprint density at radius 3 is 1.55 bits per heavy atom. The minimum absolute atomic E-state index is 0.